The number of carbonyl (C=O) groups excluding carboxylic acids is 3. The first-order chi connectivity index (χ1) is 12.0. The maximum Gasteiger partial charge on any atom is 0.334 e. The monoisotopic (exact) mass is 384 g/mol. The van der Waals surface area contributed by atoms with Crippen molar-refractivity contribution in [2.24, 2.45) is 5.41 Å². The number of unbranched alkanes of at least 4 members (excludes halogenated alkanes) is 2. The van der Waals surface area contributed by atoms with Gasteiger partial charge in [0.1, 0.15) is 6.67 Å². The molecule has 0 aromatic rings. The van der Waals surface area contributed by atoms with Crippen molar-refractivity contribution < 1.29 is 46.9 Å². The van der Waals surface area contributed by atoms with Crippen molar-refractivity contribution in [1.29, 1.82) is 0 Å². The molecule has 0 amide bonds. The minimum atomic E-state index is -2.97. The molecule has 0 aliphatic carbocycles. The van der Waals surface area contributed by atoms with Crippen molar-refractivity contribution in [2.45, 2.75) is 64.9 Å². The van der Waals surface area contributed by atoms with E-state index in [2.05, 4.69) is 9.47 Å². The van der Waals surface area contributed by atoms with Gasteiger partial charge in [0.05, 0.1) is 0 Å². The first kappa shape index (κ1) is 23.9. The number of hydrogen-bond acceptors (Lipinski definition) is 6. The molecule has 0 saturated carbocycles. The summed E-state index contributed by atoms with van der Waals surface area (Å²) in [5.41, 5.74) is -2.95. The predicted molar refractivity (Wildman–Crippen MR) is 82.3 cm³/mol. The van der Waals surface area contributed by atoms with Crippen LogP contribution in [0.4, 0.5) is 13.2 Å². The molecule has 0 aliphatic heterocycles. The lowest BCUT2D eigenvalue weighted by molar-refractivity contribution is -0.190. The molecule has 0 radical (unpaired) electrons. The third-order valence-corrected chi connectivity index (χ3v) is 3.70. The Kier molecular flexibility index (Phi) is 9.89. The largest absolute Gasteiger partial charge is 0.480 e. The number of rotatable bonds is 11. The topological polar surface area (TPSA) is 107 Å². The van der Waals surface area contributed by atoms with Gasteiger partial charge in [-0.05, 0) is 13.3 Å². The normalized spacial score (nSPS) is 16.7. The zero-order chi connectivity index (χ0) is 20.5. The summed E-state index contributed by atoms with van der Waals surface area (Å²) in [7, 11) is 0. The molecule has 0 aromatic carbocycles. The van der Waals surface area contributed by atoms with Crippen molar-refractivity contribution in [3.63, 3.8) is 0 Å². The molecule has 0 rings (SSSR count). The molecule has 7 nitrogen and oxygen atoms in total. The molecule has 26 heavy (non-hydrogen) atoms. The minimum absolute atomic E-state index is 0.192. The van der Waals surface area contributed by atoms with E-state index in [0.717, 1.165) is 13.3 Å². The smallest absolute Gasteiger partial charge is 0.334 e. The van der Waals surface area contributed by atoms with Crippen molar-refractivity contribution in [1.82, 2.24) is 0 Å². The molecular weight excluding hydrogens is 361 g/mol. The number of hydrogen-bond donors (Lipinski definition) is 1. The van der Waals surface area contributed by atoms with Gasteiger partial charge in [0, 0.05) is 13.3 Å². The summed E-state index contributed by atoms with van der Waals surface area (Å²) in [6.07, 6.45) is -6.73. The van der Waals surface area contributed by atoms with Crippen LogP contribution in [0.1, 0.15) is 46.5 Å². The van der Waals surface area contributed by atoms with Crippen LogP contribution in [0.3, 0.4) is 0 Å². The fourth-order valence-electron chi connectivity index (χ4n) is 2.06. The van der Waals surface area contributed by atoms with E-state index in [1.165, 1.54) is 0 Å². The highest BCUT2D eigenvalue weighted by atomic mass is 19.2. The average molecular weight is 384 g/mol. The second-order valence-electron chi connectivity index (χ2n) is 5.87. The standard InChI is InChI=1S/C16H23F3O7/c1-4-5-6-7-11(21)26-15(24)16(3,14(22)23)13(25-9(2)20)12(19)10(18)8-17/h10,12-13H,4-8H2,1-3H3,(H,22,23)/t10?,12-,13-,16-/m1/s1. The van der Waals surface area contributed by atoms with E-state index >= 15 is 0 Å². The lowest BCUT2D eigenvalue weighted by atomic mass is 9.80. The molecule has 1 unspecified atom stereocenters. The van der Waals surface area contributed by atoms with Crippen LogP contribution in [0, 0.1) is 5.41 Å². The first-order valence-electron chi connectivity index (χ1n) is 8.02. The maximum atomic E-state index is 14.2. The molecule has 1 N–H and O–H groups in total. The highest BCUT2D eigenvalue weighted by Gasteiger charge is 2.57. The van der Waals surface area contributed by atoms with Gasteiger partial charge in [0.15, 0.2) is 18.4 Å². The molecule has 150 valence electrons. The second-order valence-corrected chi connectivity index (χ2v) is 5.87. The van der Waals surface area contributed by atoms with Gasteiger partial charge >= 0.3 is 23.9 Å². The van der Waals surface area contributed by atoms with E-state index in [0.29, 0.717) is 19.8 Å². The van der Waals surface area contributed by atoms with Crippen molar-refractivity contribution in [2.75, 3.05) is 6.67 Å². The van der Waals surface area contributed by atoms with E-state index in [9.17, 15) is 37.5 Å². The van der Waals surface area contributed by atoms with Crippen molar-refractivity contribution in [3.8, 4) is 0 Å². The summed E-state index contributed by atoms with van der Waals surface area (Å²) in [5.74, 6) is -6.04. The van der Waals surface area contributed by atoms with Crippen LogP contribution in [0.25, 0.3) is 0 Å². The lowest BCUT2D eigenvalue weighted by Gasteiger charge is -2.33. The molecule has 0 spiro atoms. The van der Waals surface area contributed by atoms with Gasteiger partial charge in [-0.25, -0.2) is 13.2 Å². The van der Waals surface area contributed by atoms with Gasteiger partial charge in [0.25, 0.3) is 0 Å². The number of ether oxygens (including phenoxy) is 2. The molecule has 0 fully saturated rings. The van der Waals surface area contributed by atoms with E-state index in [1.54, 1.807) is 0 Å². The SMILES string of the molecule is CCCCCC(=O)OC(=O)[C@@](C)(C(=O)O)[C@H](OC(C)=O)[C@H](F)C(F)CF. The summed E-state index contributed by atoms with van der Waals surface area (Å²) in [6, 6.07) is 0. The lowest BCUT2D eigenvalue weighted by Crippen LogP contribution is -2.55. The number of halogens is 3. The number of alkyl halides is 3. The molecule has 0 bridgehead atoms. The maximum absolute atomic E-state index is 14.2. The Morgan fingerprint density at radius 3 is 2.15 bits per heavy atom. The Morgan fingerprint density at radius 2 is 1.73 bits per heavy atom. The number of aliphatic carboxylic acids is 1. The minimum Gasteiger partial charge on any atom is -0.480 e. The average Bonchev–Trinajstić information content (AvgIpc) is 2.57. The van der Waals surface area contributed by atoms with Gasteiger partial charge < -0.3 is 14.6 Å². The van der Waals surface area contributed by atoms with E-state index in [4.69, 9.17) is 0 Å². The fraction of sp³-hybridized carbons (Fsp3) is 0.750. The van der Waals surface area contributed by atoms with Crippen LogP contribution in [0.5, 0.6) is 0 Å². The van der Waals surface area contributed by atoms with Gasteiger partial charge in [-0.1, -0.05) is 19.8 Å². The van der Waals surface area contributed by atoms with Crippen LogP contribution in [-0.4, -0.2) is 54.1 Å². The number of carboxylic acid groups (broad SMARTS) is 1. The fourth-order valence-corrected chi connectivity index (χ4v) is 2.06. The van der Waals surface area contributed by atoms with Gasteiger partial charge in [-0.3, -0.25) is 19.2 Å². The van der Waals surface area contributed by atoms with E-state index < -0.39 is 54.4 Å². The summed E-state index contributed by atoms with van der Waals surface area (Å²) in [6.45, 7) is 1.41. The molecule has 0 aromatic heterocycles. The van der Waals surface area contributed by atoms with Crippen LogP contribution < -0.4 is 0 Å². The molecule has 0 aliphatic rings. The Labute approximate surface area is 148 Å². The molecule has 0 heterocycles. The van der Waals surface area contributed by atoms with Gasteiger partial charge in [0.2, 0.25) is 5.41 Å². The Bertz CT molecular complexity index is 526. The zero-order valence-corrected chi connectivity index (χ0v) is 14.8. The van der Waals surface area contributed by atoms with Crippen LogP contribution in [0.15, 0.2) is 0 Å². The van der Waals surface area contributed by atoms with Gasteiger partial charge in [-0.15, -0.1) is 0 Å². The first-order valence-corrected chi connectivity index (χ1v) is 8.02. The summed E-state index contributed by atoms with van der Waals surface area (Å²) >= 11 is 0. The number of carboxylic acids is 1. The Balaban J connectivity index is 5.60. The highest BCUT2D eigenvalue weighted by Crippen LogP contribution is 2.33. The van der Waals surface area contributed by atoms with Crippen molar-refractivity contribution >= 4 is 23.9 Å². The summed E-state index contributed by atoms with van der Waals surface area (Å²) in [5, 5.41) is 9.33. The van der Waals surface area contributed by atoms with E-state index in [1.807, 2.05) is 6.92 Å². The van der Waals surface area contributed by atoms with Crippen molar-refractivity contribution in [3.05, 3.63) is 0 Å². The zero-order valence-electron chi connectivity index (χ0n) is 14.8. The highest BCUT2D eigenvalue weighted by molar-refractivity contribution is 6.03. The van der Waals surface area contributed by atoms with Crippen LogP contribution in [-0.2, 0) is 28.7 Å². The molecule has 0 saturated heterocycles. The molecule has 10 heteroatoms. The predicted octanol–water partition coefficient (Wildman–Crippen LogP) is 2.30. The molecule has 4 atom stereocenters. The second kappa shape index (κ2) is 10.8. The summed E-state index contributed by atoms with van der Waals surface area (Å²) < 4.78 is 48.9. The van der Waals surface area contributed by atoms with Crippen LogP contribution in [0.2, 0.25) is 0 Å². The Morgan fingerprint density at radius 1 is 1.15 bits per heavy atom. The number of esters is 3. The third-order valence-electron chi connectivity index (χ3n) is 3.70. The number of carbonyl (C=O) groups is 4. The quantitative estimate of drug-likeness (QED) is 0.331. The van der Waals surface area contributed by atoms with Gasteiger partial charge in [-0.2, -0.15) is 0 Å². The Hall–Kier alpha value is -2.13. The molecular formula is C16H23F3O7. The summed E-state index contributed by atoms with van der Waals surface area (Å²) in [4.78, 5) is 46.5. The third kappa shape index (κ3) is 6.30. The van der Waals surface area contributed by atoms with Crippen LogP contribution >= 0.6 is 0 Å². The van der Waals surface area contributed by atoms with E-state index in [-0.39, 0.29) is 6.42 Å².